The molecule has 0 radical (unpaired) electrons. The van der Waals surface area contributed by atoms with Crippen molar-refractivity contribution in [2.75, 3.05) is 20.3 Å². The minimum Gasteiger partial charge on any atom is -0.477 e. The molecule has 1 aliphatic rings. The fourth-order valence-corrected chi connectivity index (χ4v) is 5.04. The van der Waals surface area contributed by atoms with Gasteiger partial charge in [0.2, 0.25) is 10.0 Å². The second-order valence-corrected chi connectivity index (χ2v) is 7.92. The summed E-state index contributed by atoms with van der Waals surface area (Å²) in [5.74, 6) is -1.10. The van der Waals surface area contributed by atoms with E-state index in [4.69, 9.17) is 9.84 Å². The number of carboxylic acid groups (broad SMARTS) is 1. The number of carbonyl (C=O) groups is 1. The summed E-state index contributed by atoms with van der Waals surface area (Å²) in [6.07, 6.45) is 1.31. The van der Waals surface area contributed by atoms with Gasteiger partial charge in [-0.15, -0.1) is 11.3 Å². The molecular formula is C12H17NO5S2. The first-order chi connectivity index (χ1) is 9.34. The molecule has 0 saturated carbocycles. The summed E-state index contributed by atoms with van der Waals surface area (Å²) in [4.78, 5) is 11.6. The summed E-state index contributed by atoms with van der Waals surface area (Å²) in [5, 5.41) is 8.96. The highest BCUT2D eigenvalue weighted by atomic mass is 32.2. The summed E-state index contributed by atoms with van der Waals surface area (Å²) in [6, 6.07) is 1.15. The molecule has 1 fully saturated rings. The molecule has 2 rings (SSSR count). The Bertz CT molecular complexity index is 601. The van der Waals surface area contributed by atoms with Crippen LogP contribution in [0, 0.1) is 6.92 Å². The number of aromatic carboxylic acids is 1. The van der Waals surface area contributed by atoms with Crippen molar-refractivity contribution in [3.8, 4) is 0 Å². The fourth-order valence-electron chi connectivity index (χ4n) is 2.23. The van der Waals surface area contributed by atoms with Gasteiger partial charge in [-0.25, -0.2) is 13.2 Å². The number of nitrogens with zero attached hydrogens (tertiary/aromatic N) is 1. The molecule has 2 heterocycles. The van der Waals surface area contributed by atoms with E-state index in [1.165, 1.54) is 10.4 Å². The van der Waals surface area contributed by atoms with Gasteiger partial charge in [-0.3, -0.25) is 0 Å². The highest BCUT2D eigenvalue weighted by molar-refractivity contribution is 7.89. The molecule has 1 aromatic rings. The Morgan fingerprint density at radius 2 is 2.05 bits per heavy atom. The minimum absolute atomic E-state index is 0.0430. The molecule has 1 saturated heterocycles. The number of sulfonamides is 1. The van der Waals surface area contributed by atoms with Crippen molar-refractivity contribution in [2.24, 2.45) is 0 Å². The molecule has 0 aliphatic carbocycles. The summed E-state index contributed by atoms with van der Waals surface area (Å²) in [6.45, 7) is 2.73. The quantitative estimate of drug-likeness (QED) is 0.910. The van der Waals surface area contributed by atoms with Crippen molar-refractivity contribution < 1.29 is 23.1 Å². The lowest BCUT2D eigenvalue weighted by Gasteiger charge is -2.30. The Morgan fingerprint density at radius 3 is 2.55 bits per heavy atom. The molecule has 112 valence electrons. The maximum atomic E-state index is 12.6. The van der Waals surface area contributed by atoms with E-state index in [0.29, 0.717) is 30.9 Å². The largest absolute Gasteiger partial charge is 0.477 e. The SMILES string of the molecule is Cc1sc(C(=O)O)cc1S(=O)(=O)N(C)C1CCOCC1. The number of thiophene rings is 1. The standard InChI is InChI=1S/C12H17NO5S2/c1-8-11(7-10(19-8)12(14)15)20(16,17)13(2)9-3-5-18-6-4-9/h7,9H,3-6H2,1-2H3,(H,14,15). The van der Waals surface area contributed by atoms with Gasteiger partial charge in [0.15, 0.2) is 0 Å². The summed E-state index contributed by atoms with van der Waals surface area (Å²) >= 11 is 0.983. The van der Waals surface area contributed by atoms with E-state index >= 15 is 0 Å². The van der Waals surface area contributed by atoms with Gasteiger partial charge in [-0.2, -0.15) is 4.31 Å². The Kier molecular flexibility index (Phi) is 4.48. The molecule has 1 N–H and O–H groups in total. The van der Waals surface area contributed by atoms with E-state index in [1.807, 2.05) is 0 Å². The summed E-state index contributed by atoms with van der Waals surface area (Å²) in [5.41, 5.74) is 0. The van der Waals surface area contributed by atoms with Crippen LogP contribution >= 0.6 is 11.3 Å². The Morgan fingerprint density at radius 1 is 1.45 bits per heavy atom. The topological polar surface area (TPSA) is 83.9 Å². The molecule has 0 spiro atoms. The zero-order valence-corrected chi connectivity index (χ0v) is 13.0. The van der Waals surface area contributed by atoms with Gasteiger partial charge in [0.1, 0.15) is 4.88 Å². The van der Waals surface area contributed by atoms with Crippen molar-refractivity contribution in [3.05, 3.63) is 15.8 Å². The van der Waals surface area contributed by atoms with Crippen molar-refractivity contribution in [1.29, 1.82) is 0 Å². The third-order valence-electron chi connectivity index (χ3n) is 3.45. The third kappa shape index (κ3) is 2.88. The zero-order valence-electron chi connectivity index (χ0n) is 11.3. The maximum absolute atomic E-state index is 12.6. The third-order valence-corrected chi connectivity index (χ3v) is 6.65. The molecule has 6 nitrogen and oxygen atoms in total. The highest BCUT2D eigenvalue weighted by Gasteiger charge is 2.32. The summed E-state index contributed by atoms with van der Waals surface area (Å²) < 4.78 is 31.7. The van der Waals surface area contributed by atoms with Gasteiger partial charge in [-0.05, 0) is 25.8 Å². The average molecular weight is 319 g/mol. The van der Waals surface area contributed by atoms with Crippen LogP contribution in [-0.4, -0.2) is 50.1 Å². The average Bonchev–Trinajstić information content (AvgIpc) is 2.82. The molecule has 8 heteroatoms. The molecular weight excluding hydrogens is 302 g/mol. The van der Waals surface area contributed by atoms with Crippen LogP contribution in [-0.2, 0) is 14.8 Å². The van der Waals surface area contributed by atoms with E-state index < -0.39 is 16.0 Å². The molecule has 0 amide bonds. The summed E-state index contributed by atoms with van der Waals surface area (Å²) in [7, 11) is -2.11. The number of rotatable bonds is 4. The Balaban J connectivity index is 2.31. The van der Waals surface area contributed by atoms with Crippen molar-refractivity contribution in [2.45, 2.75) is 30.7 Å². The molecule has 0 unspecified atom stereocenters. The Hall–Kier alpha value is -0.960. The van der Waals surface area contributed by atoms with Crippen LogP contribution in [0.3, 0.4) is 0 Å². The van der Waals surface area contributed by atoms with Gasteiger partial charge < -0.3 is 9.84 Å². The lowest BCUT2D eigenvalue weighted by molar-refractivity contribution is 0.0632. The smallest absolute Gasteiger partial charge is 0.345 e. The fraction of sp³-hybridized carbons (Fsp3) is 0.583. The van der Waals surface area contributed by atoms with E-state index in [9.17, 15) is 13.2 Å². The van der Waals surface area contributed by atoms with Crippen LogP contribution in [0.1, 0.15) is 27.4 Å². The lowest BCUT2D eigenvalue weighted by atomic mass is 10.1. The highest BCUT2D eigenvalue weighted by Crippen LogP contribution is 2.30. The maximum Gasteiger partial charge on any atom is 0.345 e. The molecule has 20 heavy (non-hydrogen) atoms. The normalized spacial score (nSPS) is 17.6. The molecule has 0 bridgehead atoms. The van der Waals surface area contributed by atoms with Crippen LogP contribution in [0.5, 0.6) is 0 Å². The van der Waals surface area contributed by atoms with E-state index in [2.05, 4.69) is 0 Å². The number of hydrogen-bond acceptors (Lipinski definition) is 5. The van der Waals surface area contributed by atoms with Crippen LogP contribution in [0.15, 0.2) is 11.0 Å². The second-order valence-electron chi connectivity index (χ2n) is 4.70. The van der Waals surface area contributed by atoms with Crippen molar-refractivity contribution >= 4 is 27.3 Å². The van der Waals surface area contributed by atoms with Crippen LogP contribution in [0.2, 0.25) is 0 Å². The van der Waals surface area contributed by atoms with Gasteiger partial charge in [-0.1, -0.05) is 0 Å². The van der Waals surface area contributed by atoms with Gasteiger partial charge in [0, 0.05) is 31.2 Å². The minimum atomic E-state index is -3.66. The van der Waals surface area contributed by atoms with Gasteiger partial charge in [0.05, 0.1) is 4.90 Å². The predicted octanol–water partition coefficient (Wildman–Crippen LogP) is 1.55. The van der Waals surface area contributed by atoms with Crippen molar-refractivity contribution in [3.63, 3.8) is 0 Å². The van der Waals surface area contributed by atoms with E-state index in [-0.39, 0.29) is 15.8 Å². The number of ether oxygens (including phenoxy) is 1. The van der Waals surface area contributed by atoms with Crippen molar-refractivity contribution in [1.82, 2.24) is 4.31 Å². The number of aryl methyl sites for hydroxylation is 1. The number of carboxylic acids is 1. The predicted molar refractivity (Wildman–Crippen MR) is 74.8 cm³/mol. The van der Waals surface area contributed by atoms with Crippen LogP contribution in [0.4, 0.5) is 0 Å². The first-order valence-corrected chi connectivity index (χ1v) is 8.49. The molecule has 1 aliphatic heterocycles. The second kappa shape index (κ2) is 5.80. The molecule has 0 aromatic carbocycles. The molecule has 0 atom stereocenters. The van der Waals surface area contributed by atoms with Gasteiger partial charge in [0.25, 0.3) is 0 Å². The monoisotopic (exact) mass is 319 g/mol. The van der Waals surface area contributed by atoms with Crippen LogP contribution in [0.25, 0.3) is 0 Å². The number of hydrogen-bond donors (Lipinski definition) is 1. The first-order valence-electron chi connectivity index (χ1n) is 6.23. The molecule has 1 aromatic heterocycles. The van der Waals surface area contributed by atoms with E-state index in [1.54, 1.807) is 14.0 Å². The lowest BCUT2D eigenvalue weighted by Crippen LogP contribution is -2.40. The zero-order chi connectivity index (χ0) is 14.9. The van der Waals surface area contributed by atoms with Crippen LogP contribution < -0.4 is 0 Å². The Labute approximate surface area is 122 Å². The van der Waals surface area contributed by atoms with Gasteiger partial charge >= 0.3 is 5.97 Å². The van der Waals surface area contributed by atoms with E-state index in [0.717, 1.165) is 11.3 Å². The first kappa shape index (κ1) is 15.4.